The van der Waals surface area contributed by atoms with Crippen molar-refractivity contribution in [1.29, 1.82) is 0 Å². The second-order valence-electron chi connectivity index (χ2n) is 4.58. The minimum absolute atomic E-state index is 0.108. The van der Waals surface area contributed by atoms with Crippen LogP contribution in [0.1, 0.15) is 32.4 Å². The van der Waals surface area contributed by atoms with Crippen molar-refractivity contribution in [3.05, 3.63) is 11.9 Å². The predicted molar refractivity (Wildman–Crippen MR) is 63.1 cm³/mol. The van der Waals surface area contributed by atoms with Gasteiger partial charge in [-0.15, -0.1) is 5.10 Å². The van der Waals surface area contributed by atoms with Crippen LogP contribution in [0.4, 0.5) is 0 Å². The number of methoxy groups -OCH3 is 1. The molecule has 0 aromatic carbocycles. The number of aromatic nitrogens is 3. The van der Waals surface area contributed by atoms with Crippen molar-refractivity contribution >= 4 is 0 Å². The van der Waals surface area contributed by atoms with Crippen molar-refractivity contribution < 1.29 is 4.74 Å². The van der Waals surface area contributed by atoms with Crippen molar-refractivity contribution in [1.82, 2.24) is 15.0 Å². The minimum atomic E-state index is -0.108. The van der Waals surface area contributed by atoms with Crippen molar-refractivity contribution in [3.63, 3.8) is 0 Å². The van der Waals surface area contributed by atoms with Gasteiger partial charge in [0.1, 0.15) is 0 Å². The van der Waals surface area contributed by atoms with E-state index in [1.807, 2.05) is 10.9 Å². The quantitative estimate of drug-likeness (QED) is 0.752. The van der Waals surface area contributed by atoms with Crippen LogP contribution in [-0.2, 0) is 17.7 Å². The molecule has 92 valence electrons. The van der Waals surface area contributed by atoms with Crippen LogP contribution in [-0.4, -0.2) is 34.2 Å². The fourth-order valence-electron chi connectivity index (χ4n) is 1.33. The first-order valence-corrected chi connectivity index (χ1v) is 5.71. The molecule has 1 aromatic rings. The van der Waals surface area contributed by atoms with E-state index in [1.165, 1.54) is 0 Å². The van der Waals surface area contributed by atoms with Crippen LogP contribution in [0.15, 0.2) is 6.20 Å². The van der Waals surface area contributed by atoms with Gasteiger partial charge in [-0.25, -0.2) is 0 Å². The number of hydrogen-bond donors (Lipinski definition) is 1. The van der Waals surface area contributed by atoms with Gasteiger partial charge < -0.3 is 10.5 Å². The van der Waals surface area contributed by atoms with E-state index < -0.39 is 0 Å². The Morgan fingerprint density at radius 2 is 2.25 bits per heavy atom. The van der Waals surface area contributed by atoms with Gasteiger partial charge >= 0.3 is 0 Å². The highest BCUT2D eigenvalue weighted by Crippen LogP contribution is 2.13. The minimum Gasteiger partial charge on any atom is -0.379 e. The maximum atomic E-state index is 5.45. The molecule has 0 atom stereocenters. The van der Waals surface area contributed by atoms with E-state index in [4.69, 9.17) is 10.5 Å². The summed E-state index contributed by atoms with van der Waals surface area (Å²) in [5, 5.41) is 8.17. The lowest BCUT2D eigenvalue weighted by Gasteiger charge is -2.22. The molecule has 0 bridgehead atoms. The van der Waals surface area contributed by atoms with Gasteiger partial charge in [0, 0.05) is 19.9 Å². The molecule has 5 heteroatoms. The molecule has 1 rings (SSSR count). The van der Waals surface area contributed by atoms with Gasteiger partial charge in [0.2, 0.25) is 0 Å². The number of nitrogens with zero attached hydrogens (tertiary/aromatic N) is 3. The number of ether oxygens (including phenoxy) is 1. The summed E-state index contributed by atoms with van der Waals surface area (Å²) in [4.78, 5) is 0. The SMILES string of the molecule is COC(C)(C)CCn1cc(CCCN)nn1. The third-order valence-corrected chi connectivity index (χ3v) is 2.72. The summed E-state index contributed by atoms with van der Waals surface area (Å²) in [5.74, 6) is 0. The van der Waals surface area contributed by atoms with Crippen molar-refractivity contribution in [2.24, 2.45) is 5.73 Å². The zero-order valence-electron chi connectivity index (χ0n) is 10.4. The third-order valence-electron chi connectivity index (χ3n) is 2.72. The Balaban J connectivity index is 2.40. The van der Waals surface area contributed by atoms with Crippen molar-refractivity contribution in [3.8, 4) is 0 Å². The summed E-state index contributed by atoms with van der Waals surface area (Å²) in [6.45, 7) is 5.67. The lowest BCUT2D eigenvalue weighted by molar-refractivity contribution is 0.0112. The first-order chi connectivity index (χ1) is 7.57. The zero-order valence-corrected chi connectivity index (χ0v) is 10.4. The van der Waals surface area contributed by atoms with Gasteiger partial charge in [-0.05, 0) is 39.7 Å². The lowest BCUT2D eigenvalue weighted by Crippen LogP contribution is -2.24. The summed E-state index contributed by atoms with van der Waals surface area (Å²) in [5.41, 5.74) is 6.35. The second-order valence-corrected chi connectivity index (χ2v) is 4.58. The van der Waals surface area contributed by atoms with Crippen LogP contribution in [0.3, 0.4) is 0 Å². The fourth-order valence-corrected chi connectivity index (χ4v) is 1.33. The van der Waals surface area contributed by atoms with Crippen LogP contribution in [0, 0.1) is 0 Å². The van der Waals surface area contributed by atoms with Crippen molar-refractivity contribution in [2.75, 3.05) is 13.7 Å². The molecule has 0 unspecified atom stereocenters. The van der Waals surface area contributed by atoms with Crippen LogP contribution in [0.25, 0.3) is 0 Å². The number of hydrogen-bond acceptors (Lipinski definition) is 4. The summed E-state index contributed by atoms with van der Waals surface area (Å²) < 4.78 is 7.22. The molecule has 2 N–H and O–H groups in total. The van der Waals surface area contributed by atoms with Crippen LogP contribution in [0.2, 0.25) is 0 Å². The Bertz CT molecular complexity index is 309. The summed E-state index contributed by atoms with van der Waals surface area (Å²) in [6.07, 6.45) is 4.77. The van der Waals surface area contributed by atoms with Gasteiger partial charge in [-0.1, -0.05) is 5.21 Å². The highest BCUT2D eigenvalue weighted by molar-refractivity contribution is 4.92. The van der Waals surface area contributed by atoms with E-state index >= 15 is 0 Å². The third kappa shape index (κ3) is 4.28. The van der Waals surface area contributed by atoms with Crippen LogP contribution >= 0.6 is 0 Å². The van der Waals surface area contributed by atoms with Crippen molar-refractivity contribution in [2.45, 2.75) is 45.3 Å². The maximum Gasteiger partial charge on any atom is 0.0827 e. The fraction of sp³-hybridized carbons (Fsp3) is 0.818. The molecule has 0 saturated heterocycles. The molecule has 5 nitrogen and oxygen atoms in total. The molecule has 16 heavy (non-hydrogen) atoms. The Morgan fingerprint density at radius 3 is 2.88 bits per heavy atom. The summed E-state index contributed by atoms with van der Waals surface area (Å²) in [6, 6.07) is 0. The number of rotatable bonds is 7. The monoisotopic (exact) mass is 226 g/mol. The standard InChI is InChI=1S/C11H22N4O/c1-11(2,16-3)6-8-15-9-10(13-14-15)5-4-7-12/h9H,4-8,12H2,1-3H3. The summed E-state index contributed by atoms with van der Waals surface area (Å²) >= 11 is 0. The highest BCUT2D eigenvalue weighted by atomic mass is 16.5. The Morgan fingerprint density at radius 1 is 1.50 bits per heavy atom. The van der Waals surface area contributed by atoms with Gasteiger partial charge in [-0.2, -0.15) is 0 Å². The van der Waals surface area contributed by atoms with Gasteiger partial charge in [0.15, 0.2) is 0 Å². The van der Waals surface area contributed by atoms with Gasteiger partial charge in [0.05, 0.1) is 11.3 Å². The molecule has 0 aliphatic carbocycles. The lowest BCUT2D eigenvalue weighted by atomic mass is 10.1. The van der Waals surface area contributed by atoms with Gasteiger partial charge in [0.25, 0.3) is 0 Å². The van der Waals surface area contributed by atoms with E-state index in [9.17, 15) is 0 Å². The average molecular weight is 226 g/mol. The number of nitrogens with two attached hydrogens (primary N) is 1. The van der Waals surface area contributed by atoms with Gasteiger partial charge in [-0.3, -0.25) is 4.68 Å². The molecule has 0 fully saturated rings. The van der Waals surface area contributed by atoms with E-state index in [0.29, 0.717) is 6.54 Å². The van der Waals surface area contributed by atoms with Crippen LogP contribution < -0.4 is 5.73 Å². The highest BCUT2D eigenvalue weighted by Gasteiger charge is 2.16. The molecule has 0 aliphatic heterocycles. The average Bonchev–Trinajstić information content (AvgIpc) is 2.72. The molecule has 0 amide bonds. The molecular weight excluding hydrogens is 204 g/mol. The van der Waals surface area contributed by atoms with E-state index in [2.05, 4.69) is 24.2 Å². The first-order valence-electron chi connectivity index (χ1n) is 5.71. The molecule has 0 radical (unpaired) electrons. The second kappa shape index (κ2) is 5.96. The molecule has 1 heterocycles. The molecule has 0 saturated carbocycles. The normalized spacial score (nSPS) is 12.0. The molecule has 0 aliphatic rings. The maximum absolute atomic E-state index is 5.45. The Hall–Kier alpha value is -0.940. The predicted octanol–water partition coefficient (Wildman–Crippen LogP) is 0.984. The van der Waals surface area contributed by atoms with E-state index in [1.54, 1.807) is 7.11 Å². The topological polar surface area (TPSA) is 66.0 Å². The molecule has 0 spiro atoms. The smallest absolute Gasteiger partial charge is 0.0827 e. The zero-order chi connectivity index (χ0) is 12.0. The van der Waals surface area contributed by atoms with E-state index in [-0.39, 0.29) is 5.60 Å². The Kier molecular flexibility index (Phi) is 4.89. The molecular formula is C11H22N4O. The summed E-state index contributed by atoms with van der Waals surface area (Å²) in [7, 11) is 1.73. The van der Waals surface area contributed by atoms with Crippen LogP contribution in [0.5, 0.6) is 0 Å². The Labute approximate surface area is 97.0 Å². The van der Waals surface area contributed by atoms with E-state index in [0.717, 1.165) is 31.5 Å². The number of aryl methyl sites for hydroxylation is 2. The largest absolute Gasteiger partial charge is 0.379 e. The first kappa shape index (κ1) is 13.1. The molecule has 1 aromatic heterocycles.